The van der Waals surface area contributed by atoms with Gasteiger partial charge in [0.25, 0.3) is 5.56 Å². The van der Waals surface area contributed by atoms with Gasteiger partial charge in [0.05, 0.1) is 6.61 Å². The van der Waals surface area contributed by atoms with Crippen molar-refractivity contribution in [1.82, 2.24) is 9.97 Å². The van der Waals surface area contributed by atoms with Crippen molar-refractivity contribution in [2.75, 3.05) is 13.2 Å². The molecule has 0 radical (unpaired) electrons. The molecular formula is C17H17N3O6S2. The molecule has 2 aromatic rings. The van der Waals surface area contributed by atoms with Gasteiger partial charge >= 0.3 is 11.9 Å². The average Bonchev–Trinajstić information content (AvgIpc) is 2.95. The number of aromatic hydroxyl groups is 1. The van der Waals surface area contributed by atoms with Gasteiger partial charge < -0.3 is 19.6 Å². The van der Waals surface area contributed by atoms with Crippen LogP contribution in [-0.4, -0.2) is 46.4 Å². The van der Waals surface area contributed by atoms with Gasteiger partial charge in [-0.1, -0.05) is 12.7 Å². The van der Waals surface area contributed by atoms with Crippen LogP contribution in [0.3, 0.4) is 0 Å². The van der Waals surface area contributed by atoms with E-state index in [1.165, 1.54) is 6.08 Å². The predicted molar refractivity (Wildman–Crippen MR) is 107 cm³/mol. The highest BCUT2D eigenvalue weighted by atomic mass is 32.1. The lowest BCUT2D eigenvalue weighted by atomic mass is 10.1. The fourth-order valence-electron chi connectivity index (χ4n) is 2.15. The summed E-state index contributed by atoms with van der Waals surface area (Å²) in [6.07, 6.45) is 2.48. The van der Waals surface area contributed by atoms with Crippen LogP contribution in [0.5, 0.6) is 5.88 Å². The van der Waals surface area contributed by atoms with E-state index in [-0.39, 0.29) is 39.0 Å². The second-order valence-corrected chi connectivity index (χ2v) is 6.68. The number of H-pyrrole nitrogens is 2. The molecule has 0 fully saturated rings. The van der Waals surface area contributed by atoms with Crippen LogP contribution in [0.4, 0.5) is 5.00 Å². The van der Waals surface area contributed by atoms with Gasteiger partial charge in [0.1, 0.15) is 27.6 Å². The molecule has 0 amide bonds. The number of aromatic amines is 2. The number of nitrogens with one attached hydrogen (secondary N) is 2. The van der Waals surface area contributed by atoms with Crippen LogP contribution < -0.4 is 5.56 Å². The lowest BCUT2D eigenvalue weighted by Crippen LogP contribution is -2.13. The summed E-state index contributed by atoms with van der Waals surface area (Å²) in [6, 6.07) is 0. The molecule has 0 aromatic carbocycles. The molecular weight excluding hydrogens is 406 g/mol. The molecule has 0 saturated heterocycles. The summed E-state index contributed by atoms with van der Waals surface area (Å²) in [5, 5.41) is 9.98. The molecule has 11 heteroatoms. The Morgan fingerprint density at radius 3 is 2.64 bits per heavy atom. The van der Waals surface area contributed by atoms with Crippen LogP contribution in [0.25, 0.3) is 0 Å². The molecule has 148 valence electrons. The van der Waals surface area contributed by atoms with Crippen LogP contribution in [-0.2, 0) is 9.47 Å². The minimum Gasteiger partial charge on any atom is -0.494 e. The molecule has 0 saturated carbocycles. The van der Waals surface area contributed by atoms with Crippen LogP contribution in [0.2, 0.25) is 0 Å². The van der Waals surface area contributed by atoms with E-state index >= 15 is 0 Å². The number of carbonyl (C=O) groups excluding carboxylic acids is 2. The fraction of sp³-hybridized carbons (Fsp3) is 0.235. The number of hydrogen-bond acceptors (Lipinski definition) is 9. The fourth-order valence-corrected chi connectivity index (χ4v) is 3.38. The Balaban J connectivity index is 2.54. The average molecular weight is 423 g/mol. The number of aromatic nitrogens is 2. The molecule has 0 atom stereocenters. The van der Waals surface area contributed by atoms with Gasteiger partial charge in [0.15, 0.2) is 4.77 Å². The van der Waals surface area contributed by atoms with Crippen LogP contribution >= 0.6 is 23.6 Å². The standard InChI is InChI=1S/C17H17N3O6S2/c1-4-6-26-16(24)11-8(3)10(15(23)25-5-2)14(28-11)18-7-9-12(21)19-17(27)20-13(9)22/h4,7H,1,5-6H2,2-3H3,(H3,19,20,21,22,27)/b18-7+. The van der Waals surface area contributed by atoms with Gasteiger partial charge in [-0.05, 0) is 31.6 Å². The summed E-state index contributed by atoms with van der Waals surface area (Å²) in [7, 11) is 0. The zero-order valence-electron chi connectivity index (χ0n) is 15.0. The molecule has 9 nitrogen and oxygen atoms in total. The van der Waals surface area contributed by atoms with Crippen LogP contribution in [0.1, 0.15) is 38.1 Å². The predicted octanol–water partition coefficient (Wildman–Crippen LogP) is 2.78. The molecule has 28 heavy (non-hydrogen) atoms. The van der Waals surface area contributed by atoms with Crippen molar-refractivity contribution in [2.45, 2.75) is 13.8 Å². The Morgan fingerprint density at radius 2 is 2.04 bits per heavy atom. The van der Waals surface area contributed by atoms with Crippen molar-refractivity contribution in [1.29, 1.82) is 0 Å². The summed E-state index contributed by atoms with van der Waals surface area (Å²) >= 11 is 5.66. The number of aliphatic imine (C=N–C) groups is 1. The topological polar surface area (TPSA) is 134 Å². The van der Waals surface area contributed by atoms with E-state index in [2.05, 4.69) is 21.5 Å². The number of nitrogens with zero attached hydrogens (tertiary/aromatic N) is 1. The molecule has 2 aromatic heterocycles. The Kier molecular flexibility index (Phi) is 7.01. The van der Waals surface area contributed by atoms with E-state index < -0.39 is 23.4 Å². The maximum absolute atomic E-state index is 12.3. The third-order valence-electron chi connectivity index (χ3n) is 3.40. The first-order chi connectivity index (χ1) is 13.3. The number of hydrogen-bond donors (Lipinski definition) is 3. The first-order valence-corrected chi connectivity index (χ1v) is 9.20. The molecule has 0 aliphatic rings. The molecule has 0 aliphatic heterocycles. The largest absolute Gasteiger partial charge is 0.494 e. The summed E-state index contributed by atoms with van der Waals surface area (Å²) in [4.78, 5) is 45.5. The highest BCUT2D eigenvalue weighted by Crippen LogP contribution is 2.36. The molecule has 0 bridgehead atoms. The summed E-state index contributed by atoms with van der Waals surface area (Å²) < 4.78 is 10.00. The van der Waals surface area contributed by atoms with Crippen molar-refractivity contribution >= 4 is 46.7 Å². The van der Waals surface area contributed by atoms with Crippen molar-refractivity contribution in [3.8, 4) is 5.88 Å². The Bertz CT molecular complexity index is 1060. The Labute approximate surface area is 168 Å². The maximum atomic E-state index is 12.3. The summed E-state index contributed by atoms with van der Waals surface area (Å²) in [5.74, 6) is -1.79. The maximum Gasteiger partial charge on any atom is 0.348 e. The van der Waals surface area contributed by atoms with E-state index in [0.29, 0.717) is 5.56 Å². The smallest absolute Gasteiger partial charge is 0.348 e. The molecule has 3 N–H and O–H groups in total. The molecule has 2 heterocycles. The summed E-state index contributed by atoms with van der Waals surface area (Å²) in [6.45, 7) is 6.82. The van der Waals surface area contributed by atoms with E-state index in [1.807, 2.05) is 0 Å². The number of carbonyl (C=O) groups is 2. The van der Waals surface area contributed by atoms with Gasteiger partial charge in [-0.2, -0.15) is 0 Å². The first kappa shape index (κ1) is 21.3. The number of thiophene rings is 1. The van der Waals surface area contributed by atoms with E-state index in [1.54, 1.807) is 13.8 Å². The highest BCUT2D eigenvalue weighted by molar-refractivity contribution is 7.71. The Hall–Kier alpha value is -3.05. The third-order valence-corrected chi connectivity index (χ3v) is 4.78. The van der Waals surface area contributed by atoms with Crippen molar-refractivity contribution in [3.63, 3.8) is 0 Å². The van der Waals surface area contributed by atoms with Crippen molar-refractivity contribution < 1.29 is 24.2 Å². The quantitative estimate of drug-likeness (QED) is 0.270. The number of ether oxygens (including phenoxy) is 2. The zero-order valence-corrected chi connectivity index (χ0v) is 16.7. The molecule has 0 aliphatic carbocycles. The number of rotatable bonds is 7. The molecule has 0 spiro atoms. The number of esters is 2. The van der Waals surface area contributed by atoms with Gasteiger partial charge in [-0.3, -0.25) is 9.78 Å². The van der Waals surface area contributed by atoms with Gasteiger partial charge in [0, 0.05) is 6.21 Å². The SMILES string of the molecule is C=CCOC(=O)c1sc(/N=C/c2c(O)[nH]c(=S)[nH]c2=O)c(C(=O)OCC)c1C. The van der Waals surface area contributed by atoms with Crippen LogP contribution in [0.15, 0.2) is 22.4 Å². The second-order valence-electron chi connectivity index (χ2n) is 5.27. The molecule has 0 unspecified atom stereocenters. The van der Waals surface area contributed by atoms with E-state index in [0.717, 1.165) is 17.6 Å². The van der Waals surface area contributed by atoms with Gasteiger partial charge in [-0.25, -0.2) is 14.6 Å². The van der Waals surface area contributed by atoms with E-state index in [9.17, 15) is 19.5 Å². The second kappa shape index (κ2) is 9.24. The Morgan fingerprint density at radius 1 is 1.32 bits per heavy atom. The van der Waals surface area contributed by atoms with Crippen LogP contribution in [0, 0.1) is 11.7 Å². The highest BCUT2D eigenvalue weighted by Gasteiger charge is 2.26. The van der Waals surface area contributed by atoms with Crippen molar-refractivity contribution in [2.24, 2.45) is 4.99 Å². The normalized spacial score (nSPS) is 10.8. The molecule has 2 rings (SSSR count). The summed E-state index contributed by atoms with van der Waals surface area (Å²) in [5.41, 5.74) is -0.435. The zero-order chi connectivity index (χ0) is 20.8. The minimum absolute atomic E-state index is 0.00994. The minimum atomic E-state index is -0.670. The van der Waals surface area contributed by atoms with Gasteiger partial charge in [0.2, 0.25) is 5.88 Å². The van der Waals surface area contributed by atoms with Crippen molar-refractivity contribution in [3.05, 3.63) is 49.3 Å². The lowest BCUT2D eigenvalue weighted by Gasteiger charge is -2.03. The van der Waals surface area contributed by atoms with E-state index in [4.69, 9.17) is 21.7 Å². The third kappa shape index (κ3) is 4.61. The first-order valence-electron chi connectivity index (χ1n) is 7.98. The lowest BCUT2D eigenvalue weighted by molar-refractivity contribution is 0.0527. The van der Waals surface area contributed by atoms with Gasteiger partial charge in [-0.15, -0.1) is 11.3 Å². The monoisotopic (exact) mass is 423 g/mol.